The van der Waals surface area contributed by atoms with Crippen molar-refractivity contribution < 1.29 is 19.5 Å². The van der Waals surface area contributed by atoms with Gasteiger partial charge < -0.3 is 23.9 Å². The number of aromatic hydroxyl groups is 1. The zero-order valence-corrected chi connectivity index (χ0v) is 17.2. The summed E-state index contributed by atoms with van der Waals surface area (Å²) >= 11 is 0. The van der Waals surface area contributed by atoms with Gasteiger partial charge in [0.15, 0.2) is 5.88 Å². The second kappa shape index (κ2) is 7.05. The van der Waals surface area contributed by atoms with Crippen molar-refractivity contribution in [3.05, 3.63) is 71.7 Å². The van der Waals surface area contributed by atoms with Crippen molar-refractivity contribution >= 4 is 27.6 Å². The molecule has 7 heteroatoms. The van der Waals surface area contributed by atoms with E-state index in [0.717, 1.165) is 44.2 Å². The largest absolute Gasteiger partial charge is 0.494 e. The molecule has 0 fully saturated rings. The Labute approximate surface area is 177 Å². The fourth-order valence-corrected chi connectivity index (χ4v) is 4.32. The molecule has 156 valence electrons. The Hall–Kier alpha value is -4.00. The third kappa shape index (κ3) is 2.97. The molecule has 0 spiro atoms. The fourth-order valence-electron chi connectivity index (χ4n) is 4.32. The number of carboxylic acids is 1. The van der Waals surface area contributed by atoms with E-state index in [9.17, 15) is 15.0 Å². The third-order valence-corrected chi connectivity index (χ3v) is 5.80. The van der Waals surface area contributed by atoms with Crippen LogP contribution in [-0.4, -0.2) is 30.5 Å². The molecule has 0 bridgehead atoms. The number of aromatic nitrogens is 3. The van der Waals surface area contributed by atoms with Crippen molar-refractivity contribution in [1.82, 2.24) is 14.3 Å². The number of benzene rings is 2. The molecule has 0 unspecified atom stereocenters. The lowest BCUT2D eigenvalue weighted by molar-refractivity contribution is -0.137. The van der Waals surface area contributed by atoms with Crippen LogP contribution in [0.1, 0.15) is 17.0 Å². The van der Waals surface area contributed by atoms with Gasteiger partial charge in [0.1, 0.15) is 12.3 Å². The average molecular weight is 415 g/mol. The number of carboxylic acid groups (broad SMARTS) is 1. The Kier molecular flexibility index (Phi) is 4.32. The Morgan fingerprint density at radius 2 is 1.71 bits per heavy atom. The molecule has 0 aliphatic carbocycles. The SMILES string of the molecule is Cc1noc(C)c1Cn1c(O)c2ccccc2c1-c1cn(CC(=O)O)c2ccccc12. The Morgan fingerprint density at radius 3 is 2.39 bits per heavy atom. The minimum Gasteiger partial charge on any atom is -0.494 e. The highest BCUT2D eigenvalue weighted by Gasteiger charge is 2.23. The van der Waals surface area contributed by atoms with E-state index in [1.165, 1.54) is 0 Å². The van der Waals surface area contributed by atoms with Crippen molar-refractivity contribution in [3.8, 4) is 17.1 Å². The van der Waals surface area contributed by atoms with E-state index in [0.29, 0.717) is 12.3 Å². The molecular weight excluding hydrogens is 394 g/mol. The van der Waals surface area contributed by atoms with Crippen molar-refractivity contribution in [1.29, 1.82) is 0 Å². The number of hydrogen-bond acceptors (Lipinski definition) is 4. The van der Waals surface area contributed by atoms with Gasteiger partial charge in [0.2, 0.25) is 0 Å². The lowest BCUT2D eigenvalue weighted by atomic mass is 10.1. The summed E-state index contributed by atoms with van der Waals surface area (Å²) in [6.07, 6.45) is 1.85. The van der Waals surface area contributed by atoms with Crippen molar-refractivity contribution in [2.75, 3.05) is 0 Å². The number of rotatable bonds is 5. The van der Waals surface area contributed by atoms with Crippen LogP contribution in [0.15, 0.2) is 59.3 Å². The number of para-hydroxylation sites is 1. The predicted molar refractivity (Wildman–Crippen MR) is 117 cm³/mol. The molecule has 3 heterocycles. The zero-order valence-electron chi connectivity index (χ0n) is 17.2. The summed E-state index contributed by atoms with van der Waals surface area (Å²) in [5.74, 6) is -0.0549. The van der Waals surface area contributed by atoms with Crippen LogP contribution in [0.5, 0.6) is 5.88 Å². The van der Waals surface area contributed by atoms with Crippen LogP contribution in [0.2, 0.25) is 0 Å². The average Bonchev–Trinajstić information content (AvgIpc) is 3.36. The summed E-state index contributed by atoms with van der Waals surface area (Å²) in [4.78, 5) is 11.4. The van der Waals surface area contributed by atoms with Crippen molar-refractivity contribution in [2.24, 2.45) is 0 Å². The molecule has 31 heavy (non-hydrogen) atoms. The normalized spacial score (nSPS) is 11.5. The molecule has 7 nitrogen and oxygen atoms in total. The van der Waals surface area contributed by atoms with Crippen LogP contribution >= 0.6 is 0 Å². The lowest BCUT2D eigenvalue weighted by Crippen LogP contribution is -2.07. The smallest absolute Gasteiger partial charge is 0.323 e. The van der Waals surface area contributed by atoms with Crippen molar-refractivity contribution in [2.45, 2.75) is 26.9 Å². The van der Waals surface area contributed by atoms with Crippen LogP contribution in [-0.2, 0) is 17.9 Å². The third-order valence-electron chi connectivity index (χ3n) is 5.80. The van der Waals surface area contributed by atoms with Crippen LogP contribution in [0.3, 0.4) is 0 Å². The molecule has 0 saturated heterocycles. The van der Waals surface area contributed by atoms with E-state index in [2.05, 4.69) is 5.16 Å². The van der Waals surface area contributed by atoms with Crippen molar-refractivity contribution in [3.63, 3.8) is 0 Å². The predicted octanol–water partition coefficient (Wildman–Crippen LogP) is 4.71. The number of carbonyl (C=O) groups is 1. The van der Waals surface area contributed by atoms with Gasteiger partial charge in [0, 0.05) is 39.0 Å². The van der Waals surface area contributed by atoms with Gasteiger partial charge in [0.25, 0.3) is 0 Å². The molecule has 0 saturated carbocycles. The van der Waals surface area contributed by atoms with E-state index in [1.807, 2.05) is 73.1 Å². The lowest BCUT2D eigenvalue weighted by Gasteiger charge is -2.10. The number of hydrogen-bond donors (Lipinski definition) is 2. The molecule has 0 amide bonds. The Balaban J connectivity index is 1.82. The van der Waals surface area contributed by atoms with Gasteiger partial charge in [-0.2, -0.15) is 0 Å². The first-order valence-corrected chi connectivity index (χ1v) is 9.97. The van der Waals surface area contributed by atoms with Gasteiger partial charge >= 0.3 is 5.97 Å². The first-order valence-electron chi connectivity index (χ1n) is 9.97. The van der Waals surface area contributed by atoms with Crippen LogP contribution in [0.25, 0.3) is 32.9 Å². The zero-order chi connectivity index (χ0) is 21.7. The molecule has 0 aliphatic heterocycles. The molecule has 5 rings (SSSR count). The molecule has 0 atom stereocenters. The summed E-state index contributed by atoms with van der Waals surface area (Å²) in [5, 5.41) is 27.1. The molecule has 0 radical (unpaired) electrons. The highest BCUT2D eigenvalue weighted by Crippen LogP contribution is 2.42. The summed E-state index contributed by atoms with van der Waals surface area (Å²) in [7, 11) is 0. The van der Waals surface area contributed by atoms with E-state index >= 15 is 0 Å². The van der Waals surface area contributed by atoms with Crippen LogP contribution in [0.4, 0.5) is 0 Å². The minimum atomic E-state index is -0.911. The Morgan fingerprint density at radius 1 is 1.03 bits per heavy atom. The van der Waals surface area contributed by atoms with Gasteiger partial charge in [-0.05, 0) is 26.0 Å². The van der Waals surface area contributed by atoms with Crippen LogP contribution in [0, 0.1) is 13.8 Å². The van der Waals surface area contributed by atoms with Gasteiger partial charge in [-0.3, -0.25) is 4.79 Å². The Bertz CT molecular complexity index is 1440. The molecule has 5 aromatic rings. The fraction of sp³-hybridized carbons (Fsp3) is 0.167. The molecular formula is C24H21N3O4. The maximum Gasteiger partial charge on any atom is 0.323 e. The highest BCUT2D eigenvalue weighted by atomic mass is 16.5. The summed E-state index contributed by atoms with van der Waals surface area (Å²) in [5.41, 5.74) is 4.20. The first kappa shape index (κ1) is 19.0. The summed E-state index contributed by atoms with van der Waals surface area (Å²) < 4.78 is 8.91. The van der Waals surface area contributed by atoms with Crippen LogP contribution < -0.4 is 0 Å². The molecule has 2 aromatic carbocycles. The first-order chi connectivity index (χ1) is 15.0. The van der Waals surface area contributed by atoms with E-state index in [4.69, 9.17) is 4.52 Å². The second-order valence-electron chi connectivity index (χ2n) is 7.69. The number of fused-ring (bicyclic) bond motifs is 2. The molecule has 2 N–H and O–H groups in total. The molecule has 0 aliphatic rings. The maximum absolute atomic E-state index is 11.4. The van der Waals surface area contributed by atoms with Gasteiger partial charge in [0.05, 0.1) is 17.9 Å². The maximum atomic E-state index is 11.4. The van der Waals surface area contributed by atoms with Gasteiger partial charge in [-0.15, -0.1) is 0 Å². The minimum absolute atomic E-state index is 0.144. The van der Waals surface area contributed by atoms with E-state index in [-0.39, 0.29) is 12.4 Å². The number of aryl methyl sites for hydroxylation is 2. The number of nitrogens with zero attached hydrogens (tertiary/aromatic N) is 3. The van der Waals surface area contributed by atoms with E-state index < -0.39 is 5.97 Å². The quantitative estimate of drug-likeness (QED) is 0.434. The summed E-state index contributed by atoms with van der Waals surface area (Å²) in [6, 6.07) is 15.4. The van der Waals surface area contributed by atoms with E-state index in [1.54, 1.807) is 4.57 Å². The number of aliphatic carboxylic acids is 1. The monoisotopic (exact) mass is 415 g/mol. The molecule has 3 aromatic heterocycles. The summed E-state index contributed by atoms with van der Waals surface area (Å²) in [6.45, 7) is 3.98. The van der Waals surface area contributed by atoms with Gasteiger partial charge in [-0.25, -0.2) is 0 Å². The standard InChI is InChI=1S/C24H21N3O4/c1-14-19(15(2)31-25-14)12-27-23(17-8-3-4-9-18(17)24(27)30)20-11-26(13-22(28)29)21-10-6-5-7-16(20)21/h3-11,30H,12-13H2,1-2H3,(H,28,29). The second-order valence-corrected chi connectivity index (χ2v) is 7.69. The highest BCUT2D eigenvalue weighted by molar-refractivity contribution is 6.07. The van der Waals surface area contributed by atoms with Gasteiger partial charge in [-0.1, -0.05) is 41.6 Å². The topological polar surface area (TPSA) is 93.4 Å².